The largest absolute Gasteiger partial charge is 0.492 e. The van der Waals surface area contributed by atoms with E-state index in [9.17, 15) is 49.5 Å². The zero-order valence-corrected chi connectivity index (χ0v) is 31.1. The van der Waals surface area contributed by atoms with Gasteiger partial charge in [-0.15, -0.1) is 0 Å². The number of carbonyl (C=O) groups is 2. The SMILES string of the molecule is CCOc1cc(C(=O)O)ccc1N(Cc1cc(C2CC2)cc(C(C)(C)C)c1)C(=O)CN(Cc1cnccc1C(F)(F)F)S(=O)(=O)c1c(F)c(F)c(F)c(F)c1F. The number of pyridine rings is 1. The van der Waals surface area contributed by atoms with Crippen molar-refractivity contribution in [2.45, 2.75) is 76.0 Å². The second-order valence-corrected chi connectivity index (χ2v) is 16.0. The number of carboxylic acid groups (broad SMARTS) is 1. The van der Waals surface area contributed by atoms with E-state index in [0.29, 0.717) is 17.8 Å². The highest BCUT2D eigenvalue weighted by atomic mass is 32.2. The van der Waals surface area contributed by atoms with E-state index in [1.54, 1.807) is 19.1 Å². The molecule has 0 spiro atoms. The molecule has 0 saturated heterocycles. The Bertz CT molecular complexity index is 2260. The molecule has 0 bridgehead atoms. The smallest absolute Gasteiger partial charge is 0.416 e. The molecule has 1 fully saturated rings. The highest BCUT2D eigenvalue weighted by molar-refractivity contribution is 7.89. The van der Waals surface area contributed by atoms with Gasteiger partial charge in [-0.2, -0.15) is 17.5 Å². The maximum Gasteiger partial charge on any atom is 0.416 e. The normalized spacial score (nSPS) is 13.6. The van der Waals surface area contributed by atoms with Crippen molar-refractivity contribution >= 4 is 27.6 Å². The molecule has 0 radical (unpaired) electrons. The van der Waals surface area contributed by atoms with Gasteiger partial charge in [0.05, 0.1) is 36.5 Å². The molecule has 0 aliphatic heterocycles. The lowest BCUT2D eigenvalue weighted by atomic mass is 9.84. The van der Waals surface area contributed by atoms with Gasteiger partial charge in [-0.3, -0.25) is 9.78 Å². The van der Waals surface area contributed by atoms with Crippen molar-refractivity contribution in [2.24, 2.45) is 0 Å². The van der Waals surface area contributed by atoms with Crippen LogP contribution in [0.4, 0.5) is 40.8 Å². The monoisotopic (exact) mass is 813 g/mol. The van der Waals surface area contributed by atoms with Gasteiger partial charge in [-0.05, 0) is 77.6 Å². The highest BCUT2D eigenvalue weighted by Gasteiger charge is 2.41. The van der Waals surface area contributed by atoms with Gasteiger partial charge < -0.3 is 14.7 Å². The molecule has 1 aromatic heterocycles. The standard InChI is InChI=1S/C38H35F8N3O6S/c1-5-55-28-15-22(36(51)52)8-9-27(28)49(17-20-12-23(21-6-7-21)14-25(13-20)37(2,3)4)29(50)19-48(18-24-16-47-11-10-26(24)38(44,45)46)56(53,54)35-33(42)31(40)30(39)32(41)34(35)43/h8-16,21H,5-7,17-19H2,1-4H3,(H,51,52). The van der Waals surface area contributed by atoms with E-state index in [1.807, 2.05) is 26.8 Å². The van der Waals surface area contributed by atoms with Crippen LogP contribution in [0.2, 0.25) is 0 Å². The fraction of sp³-hybridized carbons (Fsp3) is 0.342. The number of nitrogens with zero attached hydrogens (tertiary/aromatic N) is 3. The van der Waals surface area contributed by atoms with Crippen molar-refractivity contribution in [1.82, 2.24) is 9.29 Å². The van der Waals surface area contributed by atoms with Crippen molar-refractivity contribution in [3.8, 4) is 5.75 Å². The van der Waals surface area contributed by atoms with Crippen molar-refractivity contribution in [2.75, 3.05) is 18.1 Å². The number of sulfonamides is 1. The maximum absolute atomic E-state index is 15.1. The molecule has 1 aliphatic carbocycles. The first-order valence-corrected chi connectivity index (χ1v) is 18.5. The lowest BCUT2D eigenvalue weighted by Gasteiger charge is -2.30. The number of ether oxygens (including phenoxy) is 1. The molecule has 1 heterocycles. The number of rotatable bonds is 13. The molecule has 18 heteroatoms. The third-order valence-electron chi connectivity index (χ3n) is 9.00. The average Bonchev–Trinajstić information content (AvgIpc) is 3.97. The summed E-state index contributed by atoms with van der Waals surface area (Å²) in [6.07, 6.45) is -2.08. The number of carbonyl (C=O) groups excluding carboxylic acids is 1. The second kappa shape index (κ2) is 15.8. The van der Waals surface area contributed by atoms with Crippen molar-refractivity contribution in [1.29, 1.82) is 0 Å². The minimum Gasteiger partial charge on any atom is -0.492 e. The summed E-state index contributed by atoms with van der Waals surface area (Å²) in [5, 5.41) is 9.65. The Morgan fingerprint density at radius 2 is 1.52 bits per heavy atom. The van der Waals surface area contributed by atoms with Gasteiger partial charge in [0, 0.05) is 18.9 Å². The molecule has 5 rings (SSSR count). The number of aromatic nitrogens is 1. The Hall–Kier alpha value is -5.10. The van der Waals surface area contributed by atoms with Gasteiger partial charge in [0.25, 0.3) is 0 Å². The van der Waals surface area contributed by atoms with E-state index in [2.05, 4.69) is 4.98 Å². The molecule has 4 aromatic rings. The number of anilines is 1. The van der Waals surface area contributed by atoms with Crippen molar-refractivity contribution in [3.05, 3.63) is 117 Å². The number of aromatic carboxylic acids is 1. The Balaban J connectivity index is 1.71. The third-order valence-corrected chi connectivity index (χ3v) is 10.8. The van der Waals surface area contributed by atoms with Crippen LogP contribution in [-0.2, 0) is 39.5 Å². The number of hydrogen-bond acceptors (Lipinski definition) is 6. The Labute approximate surface area is 316 Å². The number of halogens is 8. The van der Waals surface area contributed by atoms with E-state index >= 15 is 8.78 Å². The summed E-state index contributed by atoms with van der Waals surface area (Å²) in [4.78, 5) is 28.5. The molecule has 0 unspecified atom stereocenters. The number of carboxylic acids is 1. The lowest BCUT2D eigenvalue weighted by Crippen LogP contribution is -2.43. The van der Waals surface area contributed by atoms with E-state index in [4.69, 9.17) is 4.74 Å². The van der Waals surface area contributed by atoms with E-state index in [0.717, 1.165) is 47.2 Å². The average molecular weight is 814 g/mol. The van der Waals surface area contributed by atoms with Crippen LogP contribution >= 0.6 is 0 Å². The van der Waals surface area contributed by atoms with Crippen LogP contribution in [0.5, 0.6) is 5.75 Å². The van der Waals surface area contributed by atoms with Crippen LogP contribution in [0, 0.1) is 29.1 Å². The molecule has 3 aromatic carbocycles. The molecule has 56 heavy (non-hydrogen) atoms. The fourth-order valence-corrected chi connectivity index (χ4v) is 7.43. The minimum absolute atomic E-state index is 0.0641. The van der Waals surface area contributed by atoms with Crippen molar-refractivity contribution in [3.63, 3.8) is 0 Å². The van der Waals surface area contributed by atoms with Gasteiger partial charge in [-0.1, -0.05) is 39.0 Å². The van der Waals surface area contributed by atoms with Gasteiger partial charge in [0.1, 0.15) is 5.75 Å². The lowest BCUT2D eigenvalue weighted by molar-refractivity contribution is -0.138. The van der Waals surface area contributed by atoms with Gasteiger partial charge in [-0.25, -0.2) is 35.2 Å². The quantitative estimate of drug-likeness (QED) is 0.0818. The zero-order valence-electron chi connectivity index (χ0n) is 30.3. The summed E-state index contributed by atoms with van der Waals surface area (Å²) >= 11 is 0. The summed E-state index contributed by atoms with van der Waals surface area (Å²) < 4.78 is 149. The Morgan fingerprint density at radius 1 is 0.893 bits per heavy atom. The summed E-state index contributed by atoms with van der Waals surface area (Å²) in [5.74, 6) is -16.3. The van der Waals surface area contributed by atoms with Crippen LogP contribution < -0.4 is 9.64 Å². The fourth-order valence-electron chi connectivity index (χ4n) is 5.95. The number of hydrogen-bond donors (Lipinski definition) is 1. The summed E-state index contributed by atoms with van der Waals surface area (Å²) in [6, 6.07) is 9.40. The van der Waals surface area contributed by atoms with Crippen LogP contribution in [0.1, 0.15) is 84.6 Å². The van der Waals surface area contributed by atoms with Gasteiger partial charge >= 0.3 is 12.1 Å². The van der Waals surface area contributed by atoms with Crippen LogP contribution in [0.3, 0.4) is 0 Å². The molecule has 0 atom stereocenters. The first-order chi connectivity index (χ1) is 26.1. The van der Waals surface area contributed by atoms with Gasteiger partial charge in [0.2, 0.25) is 21.7 Å². The van der Waals surface area contributed by atoms with E-state index in [-0.39, 0.29) is 40.4 Å². The summed E-state index contributed by atoms with van der Waals surface area (Å²) in [6.45, 7) is 3.92. The number of alkyl halides is 3. The predicted octanol–water partition coefficient (Wildman–Crippen LogP) is 8.49. The van der Waals surface area contributed by atoms with Crippen LogP contribution in [0.15, 0.2) is 59.8 Å². The Morgan fingerprint density at radius 3 is 2.07 bits per heavy atom. The predicted molar refractivity (Wildman–Crippen MR) is 186 cm³/mol. The van der Waals surface area contributed by atoms with Crippen molar-refractivity contribution < 1.29 is 63.0 Å². The third kappa shape index (κ3) is 8.80. The molecular formula is C38H35F8N3O6S. The Kier molecular flexibility index (Phi) is 11.9. The molecule has 1 amide bonds. The number of amides is 1. The molecule has 1 aliphatic rings. The highest BCUT2D eigenvalue weighted by Crippen LogP contribution is 2.43. The van der Waals surface area contributed by atoms with Crippen LogP contribution in [0.25, 0.3) is 0 Å². The summed E-state index contributed by atoms with van der Waals surface area (Å²) in [7, 11) is -6.06. The summed E-state index contributed by atoms with van der Waals surface area (Å²) in [5.41, 5.74) is -0.960. The van der Waals surface area contributed by atoms with E-state index in [1.165, 1.54) is 6.07 Å². The molecule has 300 valence electrons. The van der Waals surface area contributed by atoms with E-state index < -0.39 is 91.7 Å². The second-order valence-electron chi connectivity index (χ2n) is 14.1. The van der Waals surface area contributed by atoms with Gasteiger partial charge in [0.15, 0.2) is 28.2 Å². The zero-order chi connectivity index (χ0) is 41.5. The molecule has 9 nitrogen and oxygen atoms in total. The molecule has 1 N–H and O–H groups in total. The maximum atomic E-state index is 15.1. The first kappa shape index (κ1) is 42.1. The van der Waals surface area contributed by atoms with Crippen LogP contribution in [-0.4, -0.2) is 47.8 Å². The first-order valence-electron chi connectivity index (χ1n) is 17.0. The number of benzene rings is 3. The molecule has 1 saturated carbocycles. The molecular weight excluding hydrogens is 778 g/mol. The topological polar surface area (TPSA) is 117 Å². The minimum atomic E-state index is -6.06.